The van der Waals surface area contributed by atoms with Crippen LogP contribution in [0.25, 0.3) is 0 Å². The number of nitrogen functional groups attached to an aromatic ring is 1. The summed E-state index contributed by atoms with van der Waals surface area (Å²) >= 11 is 1.56. The molecule has 0 unspecified atom stereocenters. The molecule has 0 spiro atoms. The van der Waals surface area contributed by atoms with Gasteiger partial charge in [0.25, 0.3) is 0 Å². The Kier molecular flexibility index (Phi) is 3.78. The van der Waals surface area contributed by atoms with Gasteiger partial charge >= 0.3 is 5.97 Å². The zero-order valence-corrected chi connectivity index (χ0v) is 10.4. The van der Waals surface area contributed by atoms with Crippen LogP contribution in [0, 0.1) is 0 Å². The highest BCUT2D eigenvalue weighted by atomic mass is 32.1. The molecule has 0 saturated carbocycles. The summed E-state index contributed by atoms with van der Waals surface area (Å²) in [6.07, 6.45) is 0.802. The molecule has 0 saturated heterocycles. The summed E-state index contributed by atoms with van der Waals surface area (Å²) < 4.78 is 0. The van der Waals surface area contributed by atoms with Crippen molar-refractivity contribution in [2.75, 3.05) is 17.6 Å². The van der Waals surface area contributed by atoms with Gasteiger partial charge in [0, 0.05) is 29.7 Å². The van der Waals surface area contributed by atoms with E-state index in [1.165, 1.54) is 0 Å². The van der Waals surface area contributed by atoms with Crippen LogP contribution in [0.3, 0.4) is 0 Å². The molecule has 0 aliphatic rings. The SMILES string of the molecule is Nc1ccc(NCCc2cscn2)cc1C(=O)O. The minimum Gasteiger partial charge on any atom is -0.478 e. The van der Waals surface area contributed by atoms with Crippen molar-refractivity contribution in [2.45, 2.75) is 6.42 Å². The fourth-order valence-electron chi connectivity index (χ4n) is 1.55. The summed E-state index contributed by atoms with van der Waals surface area (Å²) in [6, 6.07) is 4.90. The van der Waals surface area contributed by atoms with Gasteiger partial charge in [0.15, 0.2) is 0 Å². The molecule has 0 atom stereocenters. The van der Waals surface area contributed by atoms with Gasteiger partial charge in [0.1, 0.15) is 0 Å². The van der Waals surface area contributed by atoms with E-state index in [4.69, 9.17) is 10.8 Å². The Labute approximate surface area is 108 Å². The molecular formula is C12H13N3O2S. The molecule has 0 aliphatic heterocycles. The summed E-state index contributed by atoms with van der Waals surface area (Å²) in [6.45, 7) is 0.701. The fourth-order valence-corrected chi connectivity index (χ4v) is 2.14. The Hall–Kier alpha value is -2.08. The van der Waals surface area contributed by atoms with Crippen LogP contribution < -0.4 is 11.1 Å². The smallest absolute Gasteiger partial charge is 0.337 e. The van der Waals surface area contributed by atoms with E-state index in [0.717, 1.165) is 17.8 Å². The van der Waals surface area contributed by atoms with Crippen molar-refractivity contribution in [3.8, 4) is 0 Å². The number of carbonyl (C=O) groups is 1. The van der Waals surface area contributed by atoms with E-state index in [9.17, 15) is 4.79 Å². The van der Waals surface area contributed by atoms with E-state index in [-0.39, 0.29) is 11.3 Å². The third-order valence-corrected chi connectivity index (χ3v) is 3.11. The molecule has 2 aromatic rings. The number of hydrogen-bond donors (Lipinski definition) is 3. The second-order valence-corrected chi connectivity index (χ2v) is 4.48. The van der Waals surface area contributed by atoms with Crippen LogP contribution in [0.1, 0.15) is 16.1 Å². The molecule has 1 aromatic heterocycles. The van der Waals surface area contributed by atoms with E-state index in [2.05, 4.69) is 10.3 Å². The molecule has 0 bridgehead atoms. The van der Waals surface area contributed by atoms with Crippen molar-refractivity contribution < 1.29 is 9.90 Å². The van der Waals surface area contributed by atoms with Crippen LogP contribution in [0.5, 0.6) is 0 Å². The summed E-state index contributed by atoms with van der Waals surface area (Å²) in [5.74, 6) is -1.02. The lowest BCUT2D eigenvalue weighted by Crippen LogP contribution is -2.07. The number of carboxylic acid groups (broad SMARTS) is 1. The monoisotopic (exact) mass is 263 g/mol. The van der Waals surface area contributed by atoms with Crippen LogP contribution in [0.4, 0.5) is 11.4 Å². The second kappa shape index (κ2) is 5.50. The third kappa shape index (κ3) is 2.98. The van der Waals surface area contributed by atoms with Gasteiger partial charge in [-0.25, -0.2) is 9.78 Å². The quantitative estimate of drug-likeness (QED) is 0.719. The Bertz CT molecular complexity index is 540. The van der Waals surface area contributed by atoms with Crippen molar-refractivity contribution >= 4 is 28.7 Å². The number of rotatable bonds is 5. The number of benzene rings is 1. The molecule has 5 nitrogen and oxygen atoms in total. The van der Waals surface area contributed by atoms with E-state index in [1.54, 1.807) is 35.0 Å². The molecule has 6 heteroatoms. The lowest BCUT2D eigenvalue weighted by atomic mass is 10.1. The van der Waals surface area contributed by atoms with Crippen molar-refractivity contribution in [3.05, 3.63) is 40.3 Å². The number of nitrogens with one attached hydrogen (secondary N) is 1. The third-order valence-electron chi connectivity index (χ3n) is 2.48. The summed E-state index contributed by atoms with van der Waals surface area (Å²) in [5.41, 5.74) is 9.54. The molecular weight excluding hydrogens is 250 g/mol. The number of carboxylic acids is 1. The average Bonchev–Trinajstić information content (AvgIpc) is 2.84. The topological polar surface area (TPSA) is 88.2 Å². The molecule has 18 heavy (non-hydrogen) atoms. The maximum Gasteiger partial charge on any atom is 0.337 e. The van der Waals surface area contributed by atoms with Crippen molar-refractivity contribution in [3.63, 3.8) is 0 Å². The minimum atomic E-state index is -1.02. The van der Waals surface area contributed by atoms with Crippen LogP contribution in [-0.2, 0) is 6.42 Å². The highest BCUT2D eigenvalue weighted by Gasteiger charge is 2.08. The Morgan fingerprint density at radius 2 is 2.33 bits per heavy atom. The molecule has 2 rings (SSSR count). The normalized spacial score (nSPS) is 10.2. The maximum atomic E-state index is 10.9. The molecule has 1 aromatic carbocycles. The molecule has 0 radical (unpaired) electrons. The Morgan fingerprint density at radius 1 is 1.50 bits per heavy atom. The van der Waals surface area contributed by atoms with Crippen LogP contribution in [-0.4, -0.2) is 22.6 Å². The first-order valence-electron chi connectivity index (χ1n) is 5.40. The number of thiazole rings is 1. The van der Waals surface area contributed by atoms with E-state index < -0.39 is 5.97 Å². The van der Waals surface area contributed by atoms with Gasteiger partial charge in [-0.15, -0.1) is 11.3 Å². The summed E-state index contributed by atoms with van der Waals surface area (Å²) in [4.78, 5) is 15.1. The van der Waals surface area contributed by atoms with Crippen molar-refractivity contribution in [1.29, 1.82) is 0 Å². The highest BCUT2D eigenvalue weighted by Crippen LogP contribution is 2.17. The lowest BCUT2D eigenvalue weighted by molar-refractivity contribution is 0.0698. The maximum absolute atomic E-state index is 10.9. The van der Waals surface area contributed by atoms with Crippen LogP contribution in [0.15, 0.2) is 29.1 Å². The minimum absolute atomic E-state index is 0.119. The Balaban J connectivity index is 1.97. The van der Waals surface area contributed by atoms with Gasteiger partial charge in [-0.3, -0.25) is 0 Å². The summed E-state index contributed by atoms with van der Waals surface area (Å²) in [5, 5.41) is 14.1. The van der Waals surface area contributed by atoms with Gasteiger partial charge in [-0.05, 0) is 18.2 Å². The number of anilines is 2. The van der Waals surface area contributed by atoms with Gasteiger partial charge < -0.3 is 16.2 Å². The standard InChI is InChI=1S/C12H13N3O2S/c13-11-2-1-8(5-10(11)12(16)17)14-4-3-9-6-18-7-15-9/h1-2,5-7,14H,3-4,13H2,(H,16,17). The van der Waals surface area contributed by atoms with Crippen LogP contribution >= 0.6 is 11.3 Å². The van der Waals surface area contributed by atoms with Gasteiger partial charge in [-0.1, -0.05) is 0 Å². The van der Waals surface area contributed by atoms with Gasteiger partial charge in [0.2, 0.25) is 0 Å². The van der Waals surface area contributed by atoms with E-state index >= 15 is 0 Å². The molecule has 0 fully saturated rings. The molecule has 0 aliphatic carbocycles. The number of nitrogens with zero attached hydrogens (tertiary/aromatic N) is 1. The van der Waals surface area contributed by atoms with E-state index in [1.807, 2.05) is 5.38 Å². The van der Waals surface area contributed by atoms with Crippen molar-refractivity contribution in [1.82, 2.24) is 4.98 Å². The largest absolute Gasteiger partial charge is 0.478 e. The lowest BCUT2D eigenvalue weighted by Gasteiger charge is -2.07. The Morgan fingerprint density at radius 3 is 3.00 bits per heavy atom. The first kappa shape index (κ1) is 12.4. The first-order chi connectivity index (χ1) is 8.66. The average molecular weight is 263 g/mol. The molecule has 0 amide bonds. The predicted octanol–water partition coefficient (Wildman–Crippen LogP) is 2.08. The number of hydrogen-bond acceptors (Lipinski definition) is 5. The number of aromatic carboxylic acids is 1. The zero-order valence-electron chi connectivity index (χ0n) is 9.59. The zero-order chi connectivity index (χ0) is 13.0. The second-order valence-electron chi connectivity index (χ2n) is 3.76. The van der Waals surface area contributed by atoms with Crippen LogP contribution in [0.2, 0.25) is 0 Å². The summed E-state index contributed by atoms with van der Waals surface area (Å²) in [7, 11) is 0. The van der Waals surface area contributed by atoms with Crippen molar-refractivity contribution in [2.24, 2.45) is 0 Å². The van der Waals surface area contributed by atoms with Gasteiger partial charge in [0.05, 0.1) is 16.8 Å². The highest BCUT2D eigenvalue weighted by molar-refractivity contribution is 7.07. The molecule has 94 valence electrons. The number of nitrogens with two attached hydrogens (primary N) is 1. The van der Waals surface area contributed by atoms with E-state index in [0.29, 0.717) is 6.54 Å². The molecule has 1 heterocycles. The first-order valence-corrected chi connectivity index (χ1v) is 6.35. The fraction of sp³-hybridized carbons (Fsp3) is 0.167. The molecule has 4 N–H and O–H groups in total. The van der Waals surface area contributed by atoms with Gasteiger partial charge in [-0.2, -0.15) is 0 Å². The number of aromatic nitrogens is 1. The predicted molar refractivity (Wildman–Crippen MR) is 72.1 cm³/mol.